The van der Waals surface area contributed by atoms with Crippen LogP contribution in [0.2, 0.25) is 0 Å². The molecule has 1 amide bonds. The van der Waals surface area contributed by atoms with E-state index in [0.29, 0.717) is 11.6 Å². The fourth-order valence-corrected chi connectivity index (χ4v) is 2.38. The van der Waals surface area contributed by atoms with Gasteiger partial charge in [-0.2, -0.15) is 0 Å². The van der Waals surface area contributed by atoms with Gasteiger partial charge in [-0.25, -0.2) is 0 Å². The first-order valence-electron chi connectivity index (χ1n) is 6.62. The van der Waals surface area contributed by atoms with Crippen molar-refractivity contribution in [3.8, 4) is 0 Å². The van der Waals surface area contributed by atoms with E-state index in [2.05, 4.69) is 10.5 Å². The largest absolute Gasteiger partial charge is 0.457 e. The van der Waals surface area contributed by atoms with Gasteiger partial charge in [0.05, 0.1) is 12.3 Å². The lowest BCUT2D eigenvalue weighted by Crippen LogP contribution is -2.25. The van der Waals surface area contributed by atoms with Crippen LogP contribution < -0.4 is 5.32 Å². The first-order chi connectivity index (χ1) is 10.1. The monoisotopic (exact) mass is 286 g/mol. The molecule has 1 aromatic heterocycles. The third-order valence-electron chi connectivity index (χ3n) is 3.35. The normalized spacial score (nSPS) is 21.1. The lowest BCUT2D eigenvalue weighted by atomic mass is 9.94. The molecule has 0 radical (unpaired) electrons. The minimum atomic E-state index is -0.572. The second-order valence-electron chi connectivity index (χ2n) is 4.94. The number of aryl methyl sites for hydroxylation is 1. The second-order valence-corrected chi connectivity index (χ2v) is 4.94. The van der Waals surface area contributed by atoms with E-state index in [4.69, 9.17) is 9.26 Å². The highest BCUT2D eigenvalue weighted by Gasteiger charge is 2.40. The van der Waals surface area contributed by atoms with Gasteiger partial charge in [-0.3, -0.25) is 9.59 Å². The average molecular weight is 286 g/mol. The van der Waals surface area contributed by atoms with Crippen molar-refractivity contribution in [1.82, 2.24) is 5.16 Å². The van der Waals surface area contributed by atoms with Gasteiger partial charge in [-0.15, -0.1) is 0 Å². The van der Waals surface area contributed by atoms with Gasteiger partial charge < -0.3 is 14.6 Å². The number of carbonyl (C=O) groups is 2. The third-order valence-corrected chi connectivity index (χ3v) is 3.35. The summed E-state index contributed by atoms with van der Waals surface area (Å²) in [5.74, 6) is -0.312. The van der Waals surface area contributed by atoms with Crippen LogP contribution in [-0.4, -0.2) is 17.0 Å². The van der Waals surface area contributed by atoms with Crippen LogP contribution in [0, 0.1) is 12.8 Å². The van der Waals surface area contributed by atoms with Gasteiger partial charge in [0.15, 0.2) is 5.82 Å². The van der Waals surface area contributed by atoms with E-state index >= 15 is 0 Å². The third kappa shape index (κ3) is 2.79. The quantitative estimate of drug-likeness (QED) is 0.875. The molecule has 1 aromatic carbocycles. The Morgan fingerprint density at radius 3 is 2.76 bits per heavy atom. The Bertz CT molecular complexity index is 665. The van der Waals surface area contributed by atoms with Crippen LogP contribution in [0.5, 0.6) is 0 Å². The standard InChI is InChI=1S/C15H14N2O4/c1-9-7-12(17-21-9)16-15(19)11-8-13(18)20-14(11)10-5-3-2-4-6-10/h2-7,11,14H,8H2,1H3,(H,16,17,19)/t11-,14-/m0/s1. The van der Waals surface area contributed by atoms with Crippen molar-refractivity contribution in [2.75, 3.05) is 5.32 Å². The Hall–Kier alpha value is -2.63. The van der Waals surface area contributed by atoms with E-state index in [1.165, 1.54) is 0 Å². The summed E-state index contributed by atoms with van der Waals surface area (Å²) in [6.45, 7) is 1.73. The Labute approximate surface area is 121 Å². The first kappa shape index (κ1) is 13.4. The van der Waals surface area contributed by atoms with Crippen LogP contribution in [0.15, 0.2) is 40.9 Å². The number of carbonyl (C=O) groups excluding carboxylic acids is 2. The van der Waals surface area contributed by atoms with Crippen molar-refractivity contribution in [1.29, 1.82) is 0 Å². The Balaban J connectivity index is 1.79. The van der Waals surface area contributed by atoms with E-state index in [-0.39, 0.29) is 18.3 Å². The number of benzene rings is 1. The average Bonchev–Trinajstić information content (AvgIpc) is 3.06. The zero-order valence-electron chi connectivity index (χ0n) is 11.4. The molecule has 1 aliphatic heterocycles. The number of hydrogen-bond acceptors (Lipinski definition) is 5. The number of nitrogens with one attached hydrogen (secondary N) is 1. The maximum absolute atomic E-state index is 12.3. The molecule has 0 aliphatic carbocycles. The number of amides is 1. The molecule has 1 aliphatic rings. The van der Waals surface area contributed by atoms with Crippen LogP contribution >= 0.6 is 0 Å². The molecule has 2 atom stereocenters. The predicted octanol–water partition coefficient (Wildman–Crippen LogP) is 2.23. The zero-order chi connectivity index (χ0) is 14.8. The van der Waals surface area contributed by atoms with E-state index < -0.39 is 12.0 Å². The van der Waals surface area contributed by atoms with Crippen molar-refractivity contribution in [2.45, 2.75) is 19.4 Å². The molecule has 108 valence electrons. The van der Waals surface area contributed by atoms with Gasteiger partial charge in [0, 0.05) is 6.07 Å². The SMILES string of the molecule is Cc1cc(NC(=O)[C@H]2CC(=O)O[C@H]2c2ccccc2)no1. The minimum absolute atomic E-state index is 0.0578. The molecule has 1 fully saturated rings. The summed E-state index contributed by atoms with van der Waals surface area (Å²) in [5.41, 5.74) is 0.805. The number of rotatable bonds is 3. The van der Waals surface area contributed by atoms with Crippen molar-refractivity contribution < 1.29 is 18.8 Å². The van der Waals surface area contributed by atoms with Gasteiger partial charge >= 0.3 is 5.97 Å². The van der Waals surface area contributed by atoms with E-state index in [0.717, 1.165) is 5.56 Å². The van der Waals surface area contributed by atoms with Gasteiger partial charge in [0.1, 0.15) is 11.9 Å². The number of nitrogens with zero attached hydrogens (tertiary/aromatic N) is 1. The highest BCUT2D eigenvalue weighted by molar-refractivity contribution is 5.95. The maximum atomic E-state index is 12.3. The lowest BCUT2D eigenvalue weighted by molar-refractivity contribution is -0.141. The summed E-state index contributed by atoms with van der Waals surface area (Å²) < 4.78 is 10.2. The highest BCUT2D eigenvalue weighted by atomic mass is 16.6. The zero-order valence-corrected chi connectivity index (χ0v) is 11.4. The number of ether oxygens (including phenoxy) is 1. The molecule has 1 N–H and O–H groups in total. The molecule has 6 heteroatoms. The summed E-state index contributed by atoms with van der Waals surface area (Å²) >= 11 is 0. The number of anilines is 1. The predicted molar refractivity (Wildman–Crippen MR) is 73.3 cm³/mol. The number of aromatic nitrogens is 1. The van der Waals surface area contributed by atoms with Gasteiger partial charge in [0.2, 0.25) is 5.91 Å². The fourth-order valence-electron chi connectivity index (χ4n) is 2.38. The summed E-state index contributed by atoms with van der Waals surface area (Å²) in [5, 5.41) is 6.36. The van der Waals surface area contributed by atoms with Gasteiger partial charge in [-0.05, 0) is 12.5 Å². The van der Waals surface area contributed by atoms with Crippen LogP contribution in [0.3, 0.4) is 0 Å². The van der Waals surface area contributed by atoms with E-state index in [9.17, 15) is 9.59 Å². The molecule has 2 aromatic rings. The van der Waals surface area contributed by atoms with Crippen LogP contribution in [0.25, 0.3) is 0 Å². The Morgan fingerprint density at radius 2 is 2.10 bits per heavy atom. The number of esters is 1. The molecule has 0 bridgehead atoms. The Kier molecular flexibility index (Phi) is 3.43. The van der Waals surface area contributed by atoms with Gasteiger partial charge in [-0.1, -0.05) is 35.5 Å². The second kappa shape index (κ2) is 5.40. The fraction of sp³-hybridized carbons (Fsp3) is 0.267. The summed E-state index contributed by atoms with van der Waals surface area (Å²) in [6, 6.07) is 10.9. The first-order valence-corrected chi connectivity index (χ1v) is 6.62. The highest BCUT2D eigenvalue weighted by Crippen LogP contribution is 2.35. The van der Waals surface area contributed by atoms with Gasteiger partial charge in [0.25, 0.3) is 0 Å². The lowest BCUT2D eigenvalue weighted by Gasteiger charge is -2.16. The summed E-state index contributed by atoms with van der Waals surface area (Å²) in [6.07, 6.45) is -0.505. The van der Waals surface area contributed by atoms with Crippen LogP contribution in [-0.2, 0) is 14.3 Å². The molecule has 0 spiro atoms. The molecule has 1 saturated heterocycles. The molecule has 6 nitrogen and oxygen atoms in total. The molecule has 21 heavy (non-hydrogen) atoms. The molecular weight excluding hydrogens is 272 g/mol. The van der Waals surface area contributed by atoms with Crippen molar-refractivity contribution >= 4 is 17.7 Å². The van der Waals surface area contributed by atoms with E-state index in [1.54, 1.807) is 13.0 Å². The summed E-state index contributed by atoms with van der Waals surface area (Å²) in [4.78, 5) is 23.9. The number of cyclic esters (lactones) is 1. The van der Waals surface area contributed by atoms with E-state index in [1.807, 2.05) is 30.3 Å². The van der Waals surface area contributed by atoms with Crippen molar-refractivity contribution in [3.63, 3.8) is 0 Å². The number of hydrogen-bond donors (Lipinski definition) is 1. The molecule has 2 heterocycles. The topological polar surface area (TPSA) is 81.4 Å². The van der Waals surface area contributed by atoms with Crippen molar-refractivity contribution in [2.24, 2.45) is 5.92 Å². The molecule has 0 unspecified atom stereocenters. The Morgan fingerprint density at radius 1 is 1.33 bits per heavy atom. The summed E-state index contributed by atoms with van der Waals surface area (Å²) in [7, 11) is 0. The minimum Gasteiger partial charge on any atom is -0.457 e. The van der Waals surface area contributed by atoms with Crippen molar-refractivity contribution in [3.05, 3.63) is 47.7 Å². The molecule has 3 rings (SSSR count). The maximum Gasteiger partial charge on any atom is 0.307 e. The smallest absolute Gasteiger partial charge is 0.307 e. The van der Waals surface area contributed by atoms with Crippen LogP contribution in [0.1, 0.15) is 23.8 Å². The molecule has 0 saturated carbocycles. The van der Waals surface area contributed by atoms with Crippen LogP contribution in [0.4, 0.5) is 5.82 Å². The molecular formula is C15H14N2O4.